The highest BCUT2D eigenvalue weighted by atomic mass is 16.3. The van der Waals surface area contributed by atoms with Crippen molar-refractivity contribution in [3.63, 3.8) is 0 Å². The molecule has 0 heterocycles. The van der Waals surface area contributed by atoms with E-state index in [-0.39, 0.29) is 0 Å². The molecule has 0 radical (unpaired) electrons. The molecule has 20 heavy (non-hydrogen) atoms. The van der Waals surface area contributed by atoms with Gasteiger partial charge in [0.1, 0.15) is 5.76 Å². The molecule has 4 rings (SSSR count). The molecule has 4 aliphatic rings. The van der Waals surface area contributed by atoms with Gasteiger partial charge in [-0.15, -0.1) is 0 Å². The first-order valence-corrected chi connectivity index (χ1v) is 8.63. The van der Waals surface area contributed by atoms with Crippen LogP contribution in [0.5, 0.6) is 0 Å². The van der Waals surface area contributed by atoms with E-state index in [0.717, 1.165) is 24.2 Å². The molecule has 5 atom stereocenters. The summed E-state index contributed by atoms with van der Waals surface area (Å²) < 4.78 is 0. The van der Waals surface area contributed by atoms with Gasteiger partial charge in [-0.1, -0.05) is 25.8 Å². The third-order valence-corrected chi connectivity index (χ3v) is 7.57. The minimum Gasteiger partial charge on any atom is -0.508 e. The zero-order chi connectivity index (χ0) is 14.0. The Bertz CT molecular complexity index is 488. The molecule has 3 saturated carbocycles. The number of aliphatic hydroxyl groups excluding tert-OH is 1. The van der Waals surface area contributed by atoms with Crippen LogP contribution >= 0.6 is 0 Å². The minimum atomic E-state index is 0.346. The van der Waals surface area contributed by atoms with Crippen molar-refractivity contribution in [3.05, 3.63) is 23.5 Å². The number of aliphatic hydroxyl groups is 1. The van der Waals surface area contributed by atoms with Crippen LogP contribution in [0.15, 0.2) is 23.5 Å². The van der Waals surface area contributed by atoms with E-state index in [0.29, 0.717) is 16.6 Å². The molecule has 4 aliphatic carbocycles. The molecule has 1 nitrogen and oxygen atoms in total. The number of allylic oxidation sites excluding steroid dienone is 3. The van der Waals surface area contributed by atoms with Gasteiger partial charge in [-0.05, 0) is 85.7 Å². The molecule has 1 heteroatoms. The summed E-state index contributed by atoms with van der Waals surface area (Å²) in [7, 11) is 0. The van der Waals surface area contributed by atoms with E-state index in [4.69, 9.17) is 0 Å². The third kappa shape index (κ3) is 1.61. The summed E-state index contributed by atoms with van der Waals surface area (Å²) >= 11 is 0. The van der Waals surface area contributed by atoms with Crippen molar-refractivity contribution in [2.75, 3.05) is 0 Å². The van der Waals surface area contributed by atoms with E-state index in [1.54, 1.807) is 5.57 Å². The fourth-order valence-electron chi connectivity index (χ4n) is 6.39. The highest BCUT2D eigenvalue weighted by Crippen LogP contribution is 2.65. The molecular weight excluding hydrogens is 244 g/mol. The van der Waals surface area contributed by atoms with Gasteiger partial charge >= 0.3 is 0 Å². The normalized spacial score (nSPS) is 50.6. The maximum atomic E-state index is 9.83. The first kappa shape index (κ1) is 13.0. The summed E-state index contributed by atoms with van der Waals surface area (Å²) in [5.41, 5.74) is 2.55. The average molecular weight is 272 g/mol. The third-order valence-electron chi connectivity index (χ3n) is 7.57. The summed E-state index contributed by atoms with van der Waals surface area (Å²) in [6.07, 6.45) is 15.1. The maximum Gasteiger partial charge on any atom is 0.111 e. The lowest BCUT2D eigenvalue weighted by atomic mass is 9.48. The van der Waals surface area contributed by atoms with Gasteiger partial charge in [0.2, 0.25) is 0 Å². The highest BCUT2D eigenvalue weighted by molar-refractivity contribution is 5.32. The molecule has 0 spiro atoms. The van der Waals surface area contributed by atoms with Crippen LogP contribution in [0.3, 0.4) is 0 Å². The van der Waals surface area contributed by atoms with Crippen LogP contribution in [0.25, 0.3) is 0 Å². The van der Waals surface area contributed by atoms with E-state index in [9.17, 15) is 5.11 Å². The van der Waals surface area contributed by atoms with E-state index in [1.165, 1.54) is 44.9 Å². The van der Waals surface area contributed by atoms with Crippen molar-refractivity contribution in [1.82, 2.24) is 0 Å². The number of fused-ring (bicyclic) bond motifs is 5. The summed E-state index contributed by atoms with van der Waals surface area (Å²) in [4.78, 5) is 0. The summed E-state index contributed by atoms with van der Waals surface area (Å²) in [5, 5.41) is 9.83. The predicted molar refractivity (Wildman–Crippen MR) is 82.4 cm³/mol. The van der Waals surface area contributed by atoms with Gasteiger partial charge in [0, 0.05) is 0 Å². The molecule has 0 aliphatic heterocycles. The first-order chi connectivity index (χ1) is 9.53. The zero-order valence-corrected chi connectivity index (χ0v) is 13.0. The monoisotopic (exact) mass is 272 g/mol. The van der Waals surface area contributed by atoms with E-state index < -0.39 is 0 Å². The van der Waals surface area contributed by atoms with E-state index >= 15 is 0 Å². The average Bonchev–Trinajstić information content (AvgIpc) is 2.81. The molecular formula is C19H28O. The standard InChI is InChI=1S/C19H28O/c1-18-9-3-4-16(18)15-6-5-13-12-14(20)7-11-19(13,2)17(15)8-10-18/h7,12,15-17,20H,3-6,8-11H2,1-2H3/t15-,16-,17-,18-,19-/m0/s1. The summed E-state index contributed by atoms with van der Waals surface area (Å²) in [5.74, 6) is 3.31. The van der Waals surface area contributed by atoms with E-state index in [1.807, 2.05) is 0 Å². The van der Waals surface area contributed by atoms with Gasteiger partial charge in [0.05, 0.1) is 0 Å². The fraction of sp³-hybridized carbons (Fsp3) is 0.789. The van der Waals surface area contributed by atoms with Gasteiger partial charge in [0.25, 0.3) is 0 Å². The lowest BCUT2D eigenvalue weighted by molar-refractivity contribution is -0.0306. The topological polar surface area (TPSA) is 20.2 Å². The Labute approximate surface area is 123 Å². The zero-order valence-electron chi connectivity index (χ0n) is 13.0. The lowest BCUT2D eigenvalue weighted by Gasteiger charge is -2.57. The van der Waals surface area contributed by atoms with Crippen LogP contribution in [-0.2, 0) is 0 Å². The van der Waals surface area contributed by atoms with Gasteiger partial charge in [-0.3, -0.25) is 0 Å². The largest absolute Gasteiger partial charge is 0.508 e. The van der Waals surface area contributed by atoms with Crippen LogP contribution in [0, 0.1) is 28.6 Å². The van der Waals surface area contributed by atoms with Crippen molar-refractivity contribution >= 4 is 0 Å². The van der Waals surface area contributed by atoms with Crippen molar-refractivity contribution in [2.24, 2.45) is 28.6 Å². The molecule has 0 aromatic carbocycles. The van der Waals surface area contributed by atoms with Crippen LogP contribution in [-0.4, -0.2) is 5.11 Å². The highest BCUT2D eigenvalue weighted by Gasteiger charge is 2.55. The Balaban J connectivity index is 1.68. The van der Waals surface area contributed by atoms with Crippen molar-refractivity contribution in [1.29, 1.82) is 0 Å². The second-order valence-corrected chi connectivity index (χ2v) is 8.42. The molecule has 0 amide bonds. The van der Waals surface area contributed by atoms with Gasteiger partial charge in [0.15, 0.2) is 0 Å². The fourth-order valence-corrected chi connectivity index (χ4v) is 6.39. The number of hydrogen-bond acceptors (Lipinski definition) is 1. The van der Waals surface area contributed by atoms with Crippen LogP contribution in [0.1, 0.15) is 65.2 Å². The summed E-state index contributed by atoms with van der Waals surface area (Å²) in [6, 6.07) is 0. The van der Waals surface area contributed by atoms with Crippen molar-refractivity contribution in [3.8, 4) is 0 Å². The molecule has 0 aromatic rings. The van der Waals surface area contributed by atoms with Crippen LogP contribution in [0.2, 0.25) is 0 Å². The Morgan fingerprint density at radius 1 is 1.10 bits per heavy atom. The van der Waals surface area contributed by atoms with Gasteiger partial charge in [-0.2, -0.15) is 0 Å². The molecule has 0 aromatic heterocycles. The van der Waals surface area contributed by atoms with Gasteiger partial charge < -0.3 is 5.11 Å². The number of hydrogen-bond donors (Lipinski definition) is 1. The van der Waals surface area contributed by atoms with Crippen LogP contribution in [0.4, 0.5) is 0 Å². The van der Waals surface area contributed by atoms with Crippen molar-refractivity contribution < 1.29 is 5.11 Å². The second kappa shape index (κ2) is 4.15. The Morgan fingerprint density at radius 2 is 1.95 bits per heavy atom. The maximum absolute atomic E-state index is 9.83. The molecule has 0 saturated heterocycles. The van der Waals surface area contributed by atoms with Crippen molar-refractivity contribution in [2.45, 2.75) is 65.2 Å². The minimum absolute atomic E-state index is 0.346. The Kier molecular flexibility index (Phi) is 2.69. The Hall–Kier alpha value is -0.720. The van der Waals surface area contributed by atoms with Gasteiger partial charge in [-0.25, -0.2) is 0 Å². The lowest BCUT2D eigenvalue weighted by Crippen LogP contribution is -2.48. The first-order valence-electron chi connectivity index (χ1n) is 8.63. The predicted octanol–water partition coefficient (Wildman–Crippen LogP) is 5.39. The smallest absolute Gasteiger partial charge is 0.111 e. The molecule has 1 N–H and O–H groups in total. The molecule has 110 valence electrons. The quantitative estimate of drug-likeness (QED) is 0.626. The molecule has 0 unspecified atom stereocenters. The SMILES string of the molecule is C[C@@]12CCC[C@H]1[C@@H]1CCC3=CC(O)=CC[C@]3(C)[C@H]1CC2. The second-order valence-electron chi connectivity index (χ2n) is 8.42. The molecule has 0 bridgehead atoms. The van der Waals surface area contributed by atoms with Crippen LogP contribution < -0.4 is 0 Å². The Morgan fingerprint density at radius 3 is 2.80 bits per heavy atom. The van der Waals surface area contributed by atoms with E-state index in [2.05, 4.69) is 26.0 Å². The summed E-state index contributed by atoms with van der Waals surface area (Å²) in [6.45, 7) is 5.05. The molecule has 3 fully saturated rings. The number of rotatable bonds is 0.